The van der Waals surface area contributed by atoms with Gasteiger partial charge in [0, 0.05) is 13.1 Å². The molecule has 1 N–H and O–H groups in total. The lowest BCUT2D eigenvalue weighted by molar-refractivity contribution is 0.534. The van der Waals surface area contributed by atoms with Crippen LogP contribution in [0.1, 0.15) is 24.0 Å². The molecule has 3 rings (SSSR count). The van der Waals surface area contributed by atoms with Crippen LogP contribution in [0, 0.1) is 12.8 Å². The van der Waals surface area contributed by atoms with Crippen molar-refractivity contribution in [3.63, 3.8) is 0 Å². The van der Waals surface area contributed by atoms with Gasteiger partial charge in [-0.15, -0.1) is 0 Å². The molecule has 110 valence electrons. The largest absolute Gasteiger partial charge is 0.375 e. The Morgan fingerprint density at radius 2 is 2.24 bits per heavy atom. The van der Waals surface area contributed by atoms with E-state index in [2.05, 4.69) is 16.5 Å². The van der Waals surface area contributed by atoms with E-state index in [-0.39, 0.29) is 5.56 Å². The molecule has 1 aromatic heterocycles. The smallest absolute Gasteiger partial charge is 0.291 e. The van der Waals surface area contributed by atoms with Crippen LogP contribution in [0.5, 0.6) is 0 Å². The maximum absolute atomic E-state index is 12.4. The fraction of sp³-hybridized carbons (Fsp3) is 0.375. The van der Waals surface area contributed by atoms with Crippen LogP contribution in [-0.2, 0) is 13.1 Å². The standard InChI is InChI=1S/C16H18ClN3O/c1-11-3-2-4-13(7-11)8-18-15-14(17)9-19-20(16(15)21)10-12-5-6-12/h2-4,7,9,12,18H,5-6,8,10H2,1H3. The van der Waals surface area contributed by atoms with Gasteiger partial charge in [0.15, 0.2) is 0 Å². The summed E-state index contributed by atoms with van der Waals surface area (Å²) in [4.78, 5) is 12.4. The first-order valence-electron chi connectivity index (χ1n) is 7.18. The summed E-state index contributed by atoms with van der Waals surface area (Å²) in [5.74, 6) is 0.598. The maximum Gasteiger partial charge on any atom is 0.291 e. The molecule has 0 unspecified atom stereocenters. The Morgan fingerprint density at radius 1 is 1.43 bits per heavy atom. The molecule has 0 spiro atoms. The van der Waals surface area contributed by atoms with Gasteiger partial charge in [-0.05, 0) is 31.2 Å². The minimum Gasteiger partial charge on any atom is -0.375 e. The molecule has 1 fully saturated rings. The van der Waals surface area contributed by atoms with E-state index in [1.54, 1.807) is 6.20 Å². The molecule has 0 bridgehead atoms. The molecule has 0 amide bonds. The van der Waals surface area contributed by atoms with Crippen LogP contribution in [0.3, 0.4) is 0 Å². The number of hydrogen-bond acceptors (Lipinski definition) is 3. The van der Waals surface area contributed by atoms with Crippen LogP contribution < -0.4 is 10.9 Å². The molecule has 5 heteroatoms. The molecule has 1 saturated carbocycles. The Kier molecular flexibility index (Phi) is 3.97. The third-order valence-corrected chi connectivity index (χ3v) is 3.96. The van der Waals surface area contributed by atoms with Crippen molar-refractivity contribution in [1.29, 1.82) is 0 Å². The number of aryl methyl sites for hydroxylation is 1. The zero-order chi connectivity index (χ0) is 14.8. The SMILES string of the molecule is Cc1cccc(CNc2c(Cl)cnn(CC3CC3)c2=O)c1. The van der Waals surface area contributed by atoms with Gasteiger partial charge in [-0.3, -0.25) is 4.79 Å². The summed E-state index contributed by atoms with van der Waals surface area (Å²) in [5, 5.41) is 7.65. The number of aromatic nitrogens is 2. The number of nitrogens with one attached hydrogen (secondary N) is 1. The molecule has 1 heterocycles. The molecular weight excluding hydrogens is 286 g/mol. The molecule has 1 aromatic carbocycles. The quantitative estimate of drug-likeness (QED) is 0.922. The molecule has 0 aliphatic heterocycles. The fourth-order valence-corrected chi connectivity index (χ4v) is 2.51. The van der Waals surface area contributed by atoms with Crippen LogP contribution in [0.4, 0.5) is 5.69 Å². The molecule has 2 aromatic rings. The average Bonchev–Trinajstić information content (AvgIpc) is 3.26. The Hall–Kier alpha value is -1.81. The highest BCUT2D eigenvalue weighted by molar-refractivity contribution is 6.32. The van der Waals surface area contributed by atoms with Crippen LogP contribution in [0.2, 0.25) is 5.02 Å². The molecule has 4 nitrogen and oxygen atoms in total. The Balaban J connectivity index is 1.79. The van der Waals surface area contributed by atoms with E-state index >= 15 is 0 Å². The van der Waals surface area contributed by atoms with E-state index in [0.29, 0.717) is 29.7 Å². The second kappa shape index (κ2) is 5.90. The first kappa shape index (κ1) is 14.1. The van der Waals surface area contributed by atoms with Crippen LogP contribution in [0.15, 0.2) is 35.3 Å². The number of anilines is 1. The third kappa shape index (κ3) is 3.45. The summed E-state index contributed by atoms with van der Waals surface area (Å²) in [6, 6.07) is 8.17. The predicted octanol–water partition coefficient (Wildman–Crippen LogP) is 3.23. The monoisotopic (exact) mass is 303 g/mol. The summed E-state index contributed by atoms with van der Waals surface area (Å²) in [6.45, 7) is 3.31. The molecule has 0 atom stereocenters. The van der Waals surface area contributed by atoms with Crippen molar-refractivity contribution < 1.29 is 0 Å². The topological polar surface area (TPSA) is 46.9 Å². The lowest BCUT2D eigenvalue weighted by atomic mass is 10.1. The number of benzene rings is 1. The van der Waals surface area contributed by atoms with Gasteiger partial charge in [0.05, 0.1) is 11.2 Å². The Bertz CT molecular complexity index is 707. The normalized spacial score (nSPS) is 14.2. The van der Waals surface area contributed by atoms with Gasteiger partial charge in [-0.2, -0.15) is 5.10 Å². The molecule has 1 aliphatic carbocycles. The van der Waals surface area contributed by atoms with Crippen molar-refractivity contribution in [3.8, 4) is 0 Å². The second-order valence-electron chi connectivity index (χ2n) is 5.64. The molecule has 0 radical (unpaired) electrons. The lowest BCUT2D eigenvalue weighted by Crippen LogP contribution is -2.26. The molecular formula is C16H18ClN3O. The van der Waals surface area contributed by atoms with Gasteiger partial charge in [0.1, 0.15) is 5.69 Å². The maximum atomic E-state index is 12.4. The van der Waals surface area contributed by atoms with E-state index in [9.17, 15) is 4.79 Å². The molecule has 21 heavy (non-hydrogen) atoms. The van der Waals surface area contributed by atoms with Crippen molar-refractivity contribution in [2.45, 2.75) is 32.9 Å². The van der Waals surface area contributed by atoms with Crippen molar-refractivity contribution in [2.75, 3.05) is 5.32 Å². The van der Waals surface area contributed by atoms with Crippen molar-refractivity contribution in [3.05, 3.63) is 57.0 Å². The highest BCUT2D eigenvalue weighted by Crippen LogP contribution is 2.30. The zero-order valence-electron chi connectivity index (χ0n) is 12.0. The highest BCUT2D eigenvalue weighted by atomic mass is 35.5. The van der Waals surface area contributed by atoms with Gasteiger partial charge < -0.3 is 5.32 Å². The summed E-state index contributed by atoms with van der Waals surface area (Å²) in [5.41, 5.74) is 2.62. The predicted molar refractivity (Wildman–Crippen MR) is 84.7 cm³/mol. The van der Waals surface area contributed by atoms with E-state index in [4.69, 9.17) is 11.6 Å². The summed E-state index contributed by atoms with van der Waals surface area (Å²) in [6.07, 6.45) is 3.91. The van der Waals surface area contributed by atoms with Gasteiger partial charge in [-0.25, -0.2) is 4.68 Å². The van der Waals surface area contributed by atoms with E-state index in [0.717, 1.165) is 5.56 Å². The summed E-state index contributed by atoms with van der Waals surface area (Å²) >= 11 is 6.11. The minimum atomic E-state index is -0.137. The van der Waals surface area contributed by atoms with Gasteiger partial charge in [-0.1, -0.05) is 41.4 Å². The van der Waals surface area contributed by atoms with E-state index in [1.807, 2.05) is 25.1 Å². The van der Waals surface area contributed by atoms with Crippen LogP contribution in [0.25, 0.3) is 0 Å². The zero-order valence-corrected chi connectivity index (χ0v) is 12.7. The average molecular weight is 304 g/mol. The number of halogens is 1. The summed E-state index contributed by atoms with van der Waals surface area (Å²) < 4.78 is 1.52. The van der Waals surface area contributed by atoms with Crippen molar-refractivity contribution in [2.24, 2.45) is 5.92 Å². The minimum absolute atomic E-state index is 0.137. The third-order valence-electron chi connectivity index (χ3n) is 3.68. The number of nitrogens with zero attached hydrogens (tertiary/aromatic N) is 2. The first-order valence-corrected chi connectivity index (χ1v) is 7.56. The van der Waals surface area contributed by atoms with Gasteiger partial charge >= 0.3 is 0 Å². The van der Waals surface area contributed by atoms with E-state index < -0.39 is 0 Å². The van der Waals surface area contributed by atoms with Gasteiger partial charge in [0.2, 0.25) is 0 Å². The molecule has 1 aliphatic rings. The van der Waals surface area contributed by atoms with Crippen LogP contribution >= 0.6 is 11.6 Å². The lowest BCUT2D eigenvalue weighted by Gasteiger charge is -2.11. The van der Waals surface area contributed by atoms with E-state index in [1.165, 1.54) is 23.1 Å². The van der Waals surface area contributed by atoms with Gasteiger partial charge in [0.25, 0.3) is 5.56 Å². The number of hydrogen-bond donors (Lipinski definition) is 1. The first-order chi connectivity index (χ1) is 10.1. The molecule has 0 saturated heterocycles. The van der Waals surface area contributed by atoms with Crippen LogP contribution in [-0.4, -0.2) is 9.78 Å². The van der Waals surface area contributed by atoms with Crippen molar-refractivity contribution >= 4 is 17.3 Å². The highest BCUT2D eigenvalue weighted by Gasteiger charge is 2.23. The van der Waals surface area contributed by atoms with Crippen molar-refractivity contribution in [1.82, 2.24) is 9.78 Å². The second-order valence-corrected chi connectivity index (χ2v) is 6.05. The number of rotatable bonds is 5. The Morgan fingerprint density at radius 3 is 2.95 bits per heavy atom. The summed E-state index contributed by atoms with van der Waals surface area (Å²) in [7, 11) is 0. The Labute approximate surface area is 128 Å². The fourth-order valence-electron chi connectivity index (χ4n) is 2.32.